The predicted molar refractivity (Wildman–Crippen MR) is 130 cm³/mol. The van der Waals surface area contributed by atoms with Gasteiger partial charge in [0, 0.05) is 56.5 Å². The maximum absolute atomic E-state index is 13.9. The van der Waals surface area contributed by atoms with Crippen molar-refractivity contribution < 1.29 is 4.79 Å². The molecule has 3 aromatic rings. The number of hydrogen-bond acceptors (Lipinski definition) is 5. The van der Waals surface area contributed by atoms with E-state index in [4.69, 9.17) is 0 Å². The molecule has 174 valence electrons. The molecule has 2 aliphatic rings. The summed E-state index contributed by atoms with van der Waals surface area (Å²) < 4.78 is 0. The van der Waals surface area contributed by atoms with Crippen molar-refractivity contribution in [2.45, 2.75) is 51.6 Å². The molecule has 1 aromatic carbocycles. The molecule has 1 saturated heterocycles. The second-order valence-electron chi connectivity index (χ2n) is 9.40. The van der Waals surface area contributed by atoms with Gasteiger partial charge in [-0.05, 0) is 35.4 Å². The van der Waals surface area contributed by atoms with Crippen LogP contribution in [0.1, 0.15) is 61.0 Å². The van der Waals surface area contributed by atoms with Crippen LogP contribution in [0.2, 0.25) is 0 Å². The van der Waals surface area contributed by atoms with E-state index in [2.05, 4.69) is 51.4 Å². The van der Waals surface area contributed by atoms with Gasteiger partial charge in [0.1, 0.15) is 6.04 Å². The van der Waals surface area contributed by atoms with Gasteiger partial charge in [0.25, 0.3) is 0 Å². The number of aromatic amines is 1. The Kier molecular flexibility index (Phi) is 6.42. The Labute approximate surface area is 195 Å². The highest BCUT2D eigenvalue weighted by atomic mass is 16.2. The van der Waals surface area contributed by atoms with Crippen molar-refractivity contribution in [3.63, 3.8) is 0 Å². The molecule has 7 nitrogen and oxygen atoms in total. The zero-order chi connectivity index (χ0) is 22.8. The summed E-state index contributed by atoms with van der Waals surface area (Å²) in [6.45, 7) is 9.41. The summed E-state index contributed by atoms with van der Waals surface area (Å²) in [7, 11) is 0. The van der Waals surface area contributed by atoms with E-state index in [0.29, 0.717) is 12.5 Å². The molecular weight excluding hydrogens is 412 g/mol. The Bertz CT molecular complexity index is 1100. The molecule has 4 heterocycles. The quantitative estimate of drug-likeness (QED) is 0.607. The minimum Gasteiger partial charge on any atom is -0.336 e. The van der Waals surface area contributed by atoms with Gasteiger partial charge < -0.3 is 10.2 Å². The summed E-state index contributed by atoms with van der Waals surface area (Å²) in [5.41, 5.74) is 5.54. The van der Waals surface area contributed by atoms with Crippen molar-refractivity contribution in [1.82, 2.24) is 30.3 Å². The summed E-state index contributed by atoms with van der Waals surface area (Å²) in [4.78, 5) is 22.9. The van der Waals surface area contributed by atoms with Crippen LogP contribution >= 0.6 is 0 Å². The largest absolute Gasteiger partial charge is 0.336 e. The topological polar surface area (TPSA) is 77.2 Å². The van der Waals surface area contributed by atoms with Crippen LogP contribution in [0, 0.1) is 0 Å². The van der Waals surface area contributed by atoms with E-state index in [0.717, 1.165) is 68.8 Å². The number of piperazine rings is 1. The highest BCUT2D eigenvalue weighted by Crippen LogP contribution is 2.33. The molecule has 2 aliphatic heterocycles. The number of nitrogens with one attached hydrogen (secondary N) is 2. The molecule has 2 aromatic heterocycles. The van der Waals surface area contributed by atoms with Gasteiger partial charge in [-0.15, -0.1) is 0 Å². The fraction of sp³-hybridized carbons (Fsp3) is 0.500. The number of fused-ring (bicyclic) bond motifs is 3. The van der Waals surface area contributed by atoms with Crippen molar-refractivity contribution >= 4 is 16.9 Å². The summed E-state index contributed by atoms with van der Waals surface area (Å²) in [6, 6.07) is 10.0. The van der Waals surface area contributed by atoms with Crippen LogP contribution in [-0.2, 0) is 17.8 Å². The van der Waals surface area contributed by atoms with E-state index in [1.165, 1.54) is 16.6 Å². The van der Waals surface area contributed by atoms with E-state index in [1.54, 1.807) is 0 Å². The Morgan fingerprint density at radius 1 is 1.15 bits per heavy atom. The number of benzene rings is 1. The second kappa shape index (κ2) is 9.61. The van der Waals surface area contributed by atoms with Crippen molar-refractivity contribution in [1.29, 1.82) is 0 Å². The maximum atomic E-state index is 13.9. The smallest absolute Gasteiger partial charge is 0.244 e. The van der Waals surface area contributed by atoms with Gasteiger partial charge in [-0.25, -0.2) is 4.98 Å². The Balaban J connectivity index is 1.44. The van der Waals surface area contributed by atoms with E-state index >= 15 is 0 Å². The van der Waals surface area contributed by atoms with Gasteiger partial charge >= 0.3 is 0 Å². The molecule has 0 radical (unpaired) electrons. The van der Waals surface area contributed by atoms with Gasteiger partial charge in [0.05, 0.1) is 0 Å². The third kappa shape index (κ3) is 4.27. The number of nitrogens with zero attached hydrogens (tertiary/aromatic N) is 4. The number of amides is 1. The molecule has 2 N–H and O–H groups in total. The van der Waals surface area contributed by atoms with Gasteiger partial charge in [0.15, 0.2) is 5.65 Å². The first-order chi connectivity index (χ1) is 16.2. The average molecular weight is 447 g/mol. The lowest BCUT2D eigenvalue weighted by molar-refractivity contribution is -0.138. The fourth-order valence-electron chi connectivity index (χ4n) is 5.45. The number of carbonyl (C=O) groups excluding carboxylic acids is 1. The summed E-state index contributed by atoms with van der Waals surface area (Å²) in [6.07, 6.45) is 5.03. The van der Waals surface area contributed by atoms with Crippen LogP contribution in [0.15, 0.2) is 36.5 Å². The molecule has 1 fully saturated rings. The highest BCUT2D eigenvalue weighted by molar-refractivity contribution is 5.86. The van der Waals surface area contributed by atoms with Gasteiger partial charge in [-0.3, -0.25) is 14.8 Å². The van der Waals surface area contributed by atoms with Crippen LogP contribution in [0.3, 0.4) is 0 Å². The molecule has 0 aliphatic carbocycles. The molecule has 0 spiro atoms. The highest BCUT2D eigenvalue weighted by Gasteiger charge is 2.34. The third-order valence-corrected chi connectivity index (χ3v) is 7.19. The van der Waals surface area contributed by atoms with E-state index in [9.17, 15) is 4.79 Å². The van der Waals surface area contributed by atoms with Crippen molar-refractivity contribution in [2.24, 2.45) is 0 Å². The molecule has 2 atom stereocenters. The van der Waals surface area contributed by atoms with E-state index in [1.807, 2.05) is 29.3 Å². The summed E-state index contributed by atoms with van der Waals surface area (Å²) >= 11 is 0. The van der Waals surface area contributed by atoms with Gasteiger partial charge in [0.2, 0.25) is 5.91 Å². The Morgan fingerprint density at radius 2 is 1.94 bits per heavy atom. The average Bonchev–Trinajstić information content (AvgIpc) is 3.30. The van der Waals surface area contributed by atoms with Crippen LogP contribution in [0.5, 0.6) is 0 Å². The zero-order valence-electron chi connectivity index (χ0n) is 19.7. The van der Waals surface area contributed by atoms with Crippen molar-refractivity contribution in [3.8, 4) is 0 Å². The minimum absolute atomic E-state index is 0.195. The number of aromatic nitrogens is 3. The van der Waals surface area contributed by atoms with Gasteiger partial charge in [-0.2, -0.15) is 5.10 Å². The lowest BCUT2D eigenvalue weighted by Crippen LogP contribution is -2.51. The predicted octanol–water partition coefficient (Wildman–Crippen LogP) is 3.39. The summed E-state index contributed by atoms with van der Waals surface area (Å²) in [5, 5.41) is 12.3. The van der Waals surface area contributed by atoms with Gasteiger partial charge in [-0.1, -0.05) is 50.6 Å². The van der Waals surface area contributed by atoms with Crippen molar-refractivity contribution in [3.05, 3.63) is 58.9 Å². The lowest BCUT2D eigenvalue weighted by atomic mass is 9.92. The summed E-state index contributed by atoms with van der Waals surface area (Å²) in [5.74, 6) is 0.615. The first kappa shape index (κ1) is 22.0. The lowest BCUT2D eigenvalue weighted by Gasteiger charge is -2.38. The van der Waals surface area contributed by atoms with E-state index in [-0.39, 0.29) is 11.9 Å². The SMILES string of the molecule is CCCC(C)c1[nH]nc2ncc3c(c12)CCN(C(=O)C(c1ccccc1)N1CCNCC1)C3. The number of pyridine rings is 1. The third-order valence-electron chi connectivity index (χ3n) is 7.19. The minimum atomic E-state index is -0.236. The molecule has 0 saturated carbocycles. The Morgan fingerprint density at radius 3 is 2.70 bits per heavy atom. The first-order valence-corrected chi connectivity index (χ1v) is 12.3. The number of rotatable bonds is 6. The van der Waals surface area contributed by atoms with Crippen LogP contribution in [0.4, 0.5) is 0 Å². The van der Waals surface area contributed by atoms with E-state index < -0.39 is 0 Å². The first-order valence-electron chi connectivity index (χ1n) is 12.3. The monoisotopic (exact) mass is 446 g/mol. The molecule has 5 rings (SSSR count). The molecule has 33 heavy (non-hydrogen) atoms. The van der Waals surface area contributed by atoms with Crippen LogP contribution in [-0.4, -0.2) is 63.6 Å². The molecular formula is C26H34N6O. The Hall–Kier alpha value is -2.77. The molecule has 7 heteroatoms. The molecule has 1 amide bonds. The second-order valence-corrected chi connectivity index (χ2v) is 9.40. The number of carbonyl (C=O) groups is 1. The number of H-pyrrole nitrogens is 1. The van der Waals surface area contributed by atoms with Crippen LogP contribution in [0.25, 0.3) is 11.0 Å². The molecule has 0 bridgehead atoms. The maximum Gasteiger partial charge on any atom is 0.244 e. The number of hydrogen-bond donors (Lipinski definition) is 2. The van der Waals surface area contributed by atoms with Crippen LogP contribution < -0.4 is 5.32 Å². The normalized spacial score (nSPS) is 18.8. The standard InChI is InChI=1S/C26H34N6O/c1-3-7-18(2)23-22-21-10-13-32(17-20(21)16-28-25(22)30-29-23)26(33)24(19-8-5-4-6-9-19)31-14-11-27-12-15-31/h4-6,8-9,16,18,24,27H,3,7,10-15,17H2,1-2H3,(H,28,29,30). The zero-order valence-corrected chi connectivity index (χ0v) is 19.7. The molecule has 2 unspecified atom stereocenters. The van der Waals surface area contributed by atoms with Crippen molar-refractivity contribution in [2.75, 3.05) is 32.7 Å². The fourth-order valence-corrected chi connectivity index (χ4v) is 5.45.